The second-order valence-corrected chi connectivity index (χ2v) is 7.55. The largest absolute Gasteiger partial charge is 0.334 e. The normalized spacial score (nSPS) is 16.1. The first-order chi connectivity index (χ1) is 13.4. The number of hydrogen-bond acceptors (Lipinski definition) is 3. The SMILES string of the molecule is Cc1ccc(-c2n[nH]c(=S)n2CC(=O)N2CCc3ccc(F)cc3C2C)cc1. The lowest BCUT2D eigenvalue weighted by Gasteiger charge is -2.35. The van der Waals surface area contributed by atoms with Crippen molar-refractivity contribution in [3.8, 4) is 11.4 Å². The number of nitrogens with one attached hydrogen (secondary N) is 1. The summed E-state index contributed by atoms with van der Waals surface area (Å²) in [6.07, 6.45) is 0.716. The fourth-order valence-corrected chi connectivity index (χ4v) is 3.94. The monoisotopic (exact) mass is 396 g/mol. The molecule has 0 spiro atoms. The molecule has 7 heteroatoms. The molecule has 3 aromatic rings. The van der Waals surface area contributed by atoms with E-state index in [4.69, 9.17) is 12.2 Å². The van der Waals surface area contributed by atoms with E-state index in [-0.39, 0.29) is 24.3 Å². The number of H-pyrrole nitrogens is 1. The van der Waals surface area contributed by atoms with Crippen LogP contribution in [0.2, 0.25) is 0 Å². The molecular formula is C21H21FN4OS. The van der Waals surface area contributed by atoms with E-state index < -0.39 is 0 Å². The summed E-state index contributed by atoms with van der Waals surface area (Å²) in [6, 6.07) is 12.5. The number of hydrogen-bond donors (Lipinski definition) is 1. The Hall–Kier alpha value is -2.80. The van der Waals surface area contributed by atoms with E-state index in [2.05, 4.69) is 10.2 Å². The maximum absolute atomic E-state index is 13.7. The molecular weight excluding hydrogens is 375 g/mol. The predicted octanol–water partition coefficient (Wildman–Crippen LogP) is 4.20. The van der Waals surface area contributed by atoms with Gasteiger partial charge in [0.05, 0.1) is 6.04 Å². The van der Waals surface area contributed by atoms with Gasteiger partial charge in [-0.05, 0) is 55.7 Å². The lowest BCUT2D eigenvalue weighted by molar-refractivity contribution is -0.134. The Morgan fingerprint density at radius 3 is 2.79 bits per heavy atom. The molecule has 1 N–H and O–H groups in total. The summed E-state index contributed by atoms with van der Waals surface area (Å²) in [7, 11) is 0. The number of halogens is 1. The quantitative estimate of drug-likeness (QED) is 0.675. The third kappa shape index (κ3) is 3.38. The maximum atomic E-state index is 13.7. The first-order valence-electron chi connectivity index (χ1n) is 9.24. The standard InChI is InChI=1S/C21H21FN4OS/c1-13-3-5-16(6-4-13)20-23-24-21(28)26(20)12-19(27)25-10-9-15-7-8-17(22)11-18(15)14(25)2/h3-8,11,14H,9-10,12H2,1-2H3,(H,24,28). The minimum absolute atomic E-state index is 0.0618. The number of carbonyl (C=O) groups is 1. The first-order valence-corrected chi connectivity index (χ1v) is 9.65. The number of benzene rings is 2. The van der Waals surface area contributed by atoms with Crippen LogP contribution in [0.4, 0.5) is 4.39 Å². The fourth-order valence-electron chi connectivity index (χ4n) is 3.74. The van der Waals surface area contributed by atoms with Crippen LogP contribution < -0.4 is 0 Å². The summed E-state index contributed by atoms with van der Waals surface area (Å²) in [5.41, 5.74) is 4.01. The molecule has 0 bridgehead atoms. The van der Waals surface area contributed by atoms with Crippen LogP contribution in [-0.2, 0) is 17.8 Å². The Balaban J connectivity index is 1.60. The maximum Gasteiger partial charge on any atom is 0.243 e. The summed E-state index contributed by atoms with van der Waals surface area (Å²) in [4.78, 5) is 14.9. The van der Waals surface area contributed by atoms with Gasteiger partial charge in [-0.25, -0.2) is 4.39 Å². The zero-order valence-electron chi connectivity index (χ0n) is 15.8. The number of nitrogens with zero attached hydrogens (tertiary/aromatic N) is 3. The Morgan fingerprint density at radius 2 is 2.04 bits per heavy atom. The molecule has 1 atom stereocenters. The van der Waals surface area contributed by atoms with Crippen LogP contribution in [0.3, 0.4) is 0 Å². The van der Waals surface area contributed by atoms with Crippen molar-refractivity contribution in [1.29, 1.82) is 0 Å². The predicted molar refractivity (Wildman–Crippen MR) is 108 cm³/mol. The molecule has 1 aromatic heterocycles. The molecule has 0 fully saturated rings. The molecule has 5 nitrogen and oxygen atoms in total. The van der Waals surface area contributed by atoms with Gasteiger partial charge in [-0.2, -0.15) is 5.10 Å². The highest BCUT2D eigenvalue weighted by Gasteiger charge is 2.28. The molecule has 2 heterocycles. The van der Waals surface area contributed by atoms with Crippen molar-refractivity contribution in [2.24, 2.45) is 0 Å². The van der Waals surface area contributed by atoms with Gasteiger partial charge in [-0.1, -0.05) is 35.9 Å². The van der Waals surface area contributed by atoms with Crippen LogP contribution in [-0.4, -0.2) is 32.1 Å². The summed E-state index contributed by atoms with van der Waals surface area (Å²) >= 11 is 5.35. The molecule has 0 saturated heterocycles. The van der Waals surface area contributed by atoms with E-state index in [1.54, 1.807) is 9.47 Å². The zero-order valence-corrected chi connectivity index (χ0v) is 16.6. The Labute approximate surface area is 167 Å². The van der Waals surface area contributed by atoms with Gasteiger partial charge in [0.2, 0.25) is 5.91 Å². The van der Waals surface area contributed by atoms with Gasteiger partial charge in [0.15, 0.2) is 10.6 Å². The van der Waals surface area contributed by atoms with Gasteiger partial charge in [0, 0.05) is 12.1 Å². The number of amides is 1. The molecule has 1 amide bonds. The molecule has 2 aromatic carbocycles. The van der Waals surface area contributed by atoms with E-state index in [1.807, 2.05) is 44.2 Å². The summed E-state index contributed by atoms with van der Waals surface area (Å²) < 4.78 is 15.8. The molecule has 0 radical (unpaired) electrons. The van der Waals surface area contributed by atoms with E-state index in [0.29, 0.717) is 23.6 Å². The summed E-state index contributed by atoms with van der Waals surface area (Å²) in [5.74, 6) is 0.293. The van der Waals surface area contributed by atoms with Crippen LogP contribution in [0.5, 0.6) is 0 Å². The number of aryl methyl sites for hydroxylation is 1. The third-order valence-electron chi connectivity index (χ3n) is 5.33. The minimum atomic E-state index is -0.279. The van der Waals surface area contributed by atoms with Crippen LogP contribution in [0.25, 0.3) is 11.4 Å². The molecule has 1 unspecified atom stereocenters. The van der Waals surface area contributed by atoms with Crippen LogP contribution in [0.15, 0.2) is 42.5 Å². The molecule has 0 aliphatic carbocycles. The highest BCUT2D eigenvalue weighted by Crippen LogP contribution is 2.30. The van der Waals surface area contributed by atoms with Crippen LogP contribution in [0.1, 0.15) is 29.7 Å². The zero-order chi connectivity index (χ0) is 19.8. The van der Waals surface area contributed by atoms with Crippen molar-refractivity contribution in [1.82, 2.24) is 19.7 Å². The lowest BCUT2D eigenvalue weighted by atomic mass is 9.93. The minimum Gasteiger partial charge on any atom is -0.334 e. The third-order valence-corrected chi connectivity index (χ3v) is 5.64. The van der Waals surface area contributed by atoms with Gasteiger partial charge in [0.1, 0.15) is 12.4 Å². The van der Waals surface area contributed by atoms with Crippen molar-refractivity contribution in [3.63, 3.8) is 0 Å². The topological polar surface area (TPSA) is 53.9 Å². The molecule has 4 rings (SSSR count). The average Bonchev–Trinajstić information content (AvgIpc) is 3.03. The molecule has 144 valence electrons. The van der Waals surface area contributed by atoms with Gasteiger partial charge in [0.25, 0.3) is 0 Å². The van der Waals surface area contributed by atoms with Gasteiger partial charge in [-0.3, -0.25) is 14.5 Å². The number of aromatic nitrogens is 3. The highest BCUT2D eigenvalue weighted by molar-refractivity contribution is 7.71. The van der Waals surface area contributed by atoms with E-state index in [0.717, 1.165) is 22.3 Å². The molecule has 28 heavy (non-hydrogen) atoms. The molecule has 0 saturated carbocycles. The van der Waals surface area contributed by atoms with Gasteiger partial charge in [-0.15, -0.1) is 0 Å². The van der Waals surface area contributed by atoms with E-state index in [9.17, 15) is 9.18 Å². The van der Waals surface area contributed by atoms with Crippen molar-refractivity contribution in [2.45, 2.75) is 32.9 Å². The Morgan fingerprint density at radius 1 is 1.29 bits per heavy atom. The molecule has 1 aliphatic rings. The summed E-state index contributed by atoms with van der Waals surface area (Å²) in [5, 5.41) is 7.09. The summed E-state index contributed by atoms with van der Waals surface area (Å²) in [6.45, 7) is 4.64. The average molecular weight is 396 g/mol. The Bertz CT molecular complexity index is 1090. The number of rotatable bonds is 3. The van der Waals surface area contributed by atoms with Crippen LogP contribution >= 0.6 is 12.2 Å². The first kappa shape index (κ1) is 18.6. The van der Waals surface area contributed by atoms with E-state index >= 15 is 0 Å². The smallest absolute Gasteiger partial charge is 0.243 e. The van der Waals surface area contributed by atoms with Gasteiger partial charge < -0.3 is 4.90 Å². The van der Waals surface area contributed by atoms with Gasteiger partial charge >= 0.3 is 0 Å². The van der Waals surface area contributed by atoms with E-state index in [1.165, 1.54) is 12.1 Å². The Kier molecular flexibility index (Phi) is 4.85. The second-order valence-electron chi connectivity index (χ2n) is 7.16. The number of aromatic amines is 1. The van der Waals surface area contributed by atoms with Crippen LogP contribution in [0, 0.1) is 17.5 Å². The van der Waals surface area contributed by atoms with Crippen molar-refractivity contribution < 1.29 is 9.18 Å². The lowest BCUT2D eigenvalue weighted by Crippen LogP contribution is -2.40. The van der Waals surface area contributed by atoms with Crippen molar-refractivity contribution in [2.75, 3.05) is 6.54 Å². The number of fused-ring (bicyclic) bond motifs is 1. The number of carbonyl (C=O) groups excluding carboxylic acids is 1. The van der Waals surface area contributed by atoms with Crippen molar-refractivity contribution in [3.05, 3.63) is 69.7 Å². The molecule has 1 aliphatic heterocycles. The highest BCUT2D eigenvalue weighted by atomic mass is 32.1. The second kappa shape index (κ2) is 7.31. The fraction of sp³-hybridized carbons (Fsp3) is 0.286. The van der Waals surface area contributed by atoms with Crippen molar-refractivity contribution >= 4 is 18.1 Å².